The summed E-state index contributed by atoms with van der Waals surface area (Å²) in [6.45, 7) is 0.777. The summed E-state index contributed by atoms with van der Waals surface area (Å²) in [5.74, 6) is -1.08. The Hall–Kier alpha value is -2.73. The number of para-hydroxylation sites is 1. The molecule has 0 saturated carbocycles. The fourth-order valence-corrected chi connectivity index (χ4v) is 2.93. The molecule has 1 saturated heterocycles. The lowest BCUT2D eigenvalue weighted by atomic mass is 10.1. The number of benzene rings is 2. The minimum Gasteiger partial charge on any atom is -0.380 e. The number of anilines is 1. The van der Waals surface area contributed by atoms with Crippen LogP contribution in [-0.4, -0.2) is 31.5 Å². The molecule has 2 aromatic carbocycles. The summed E-state index contributed by atoms with van der Waals surface area (Å²) < 4.78 is 19.0. The zero-order valence-electron chi connectivity index (χ0n) is 13.9. The van der Waals surface area contributed by atoms with Gasteiger partial charge in [-0.15, -0.1) is 0 Å². The van der Waals surface area contributed by atoms with E-state index >= 15 is 0 Å². The maximum Gasteiger partial charge on any atom is 0.251 e. The molecule has 0 spiro atoms. The number of hydrogen-bond donors (Lipinski definition) is 1. The van der Waals surface area contributed by atoms with Crippen LogP contribution in [-0.2, 0) is 16.1 Å². The van der Waals surface area contributed by atoms with Gasteiger partial charge in [0, 0.05) is 19.2 Å². The van der Waals surface area contributed by atoms with E-state index in [9.17, 15) is 14.0 Å². The summed E-state index contributed by atoms with van der Waals surface area (Å²) in [5, 5.41) is 2.74. The smallest absolute Gasteiger partial charge is 0.251 e. The van der Waals surface area contributed by atoms with Crippen molar-refractivity contribution in [2.75, 3.05) is 18.6 Å². The first kappa shape index (κ1) is 17.1. The Morgan fingerprint density at radius 1 is 1.28 bits per heavy atom. The predicted octanol–water partition coefficient (Wildman–Crippen LogP) is 2.51. The number of methoxy groups -OCH3 is 1. The molecule has 6 heteroatoms. The zero-order chi connectivity index (χ0) is 17.8. The summed E-state index contributed by atoms with van der Waals surface area (Å²) in [7, 11) is 1.58. The van der Waals surface area contributed by atoms with Crippen molar-refractivity contribution in [3.8, 4) is 0 Å². The number of carbonyl (C=O) groups is 2. The van der Waals surface area contributed by atoms with Crippen LogP contribution < -0.4 is 10.2 Å². The van der Waals surface area contributed by atoms with E-state index in [-0.39, 0.29) is 17.5 Å². The van der Waals surface area contributed by atoms with Crippen LogP contribution in [0, 0.1) is 5.82 Å². The van der Waals surface area contributed by atoms with Gasteiger partial charge in [-0.05, 0) is 36.2 Å². The second-order valence-electron chi connectivity index (χ2n) is 5.89. The first-order valence-electron chi connectivity index (χ1n) is 8.05. The van der Waals surface area contributed by atoms with E-state index in [0.717, 1.165) is 5.56 Å². The molecule has 25 heavy (non-hydrogen) atoms. The molecule has 5 nitrogen and oxygen atoms in total. The quantitative estimate of drug-likeness (QED) is 0.908. The highest BCUT2D eigenvalue weighted by atomic mass is 19.1. The number of halogens is 1. The Bertz CT molecular complexity index is 794. The Kier molecular flexibility index (Phi) is 5.09. The highest BCUT2D eigenvalue weighted by molar-refractivity contribution is 6.04. The zero-order valence-corrected chi connectivity index (χ0v) is 13.9. The molecule has 1 atom stereocenters. The van der Waals surface area contributed by atoms with Crippen LogP contribution in [0.4, 0.5) is 10.1 Å². The summed E-state index contributed by atoms with van der Waals surface area (Å²) in [4.78, 5) is 26.3. The van der Waals surface area contributed by atoms with Gasteiger partial charge in [-0.2, -0.15) is 0 Å². The molecule has 1 N–H and O–H groups in total. The van der Waals surface area contributed by atoms with E-state index in [1.54, 1.807) is 43.5 Å². The van der Waals surface area contributed by atoms with Gasteiger partial charge in [0.05, 0.1) is 12.3 Å². The minimum atomic E-state index is -0.654. The Balaban J connectivity index is 1.70. The monoisotopic (exact) mass is 342 g/mol. The lowest BCUT2D eigenvalue weighted by molar-refractivity contribution is -0.118. The van der Waals surface area contributed by atoms with Crippen molar-refractivity contribution >= 4 is 17.5 Å². The van der Waals surface area contributed by atoms with Crippen LogP contribution in [0.5, 0.6) is 0 Å². The average Bonchev–Trinajstić information content (AvgIpc) is 2.96. The molecule has 1 fully saturated rings. The molecule has 0 radical (unpaired) electrons. The largest absolute Gasteiger partial charge is 0.380 e. The summed E-state index contributed by atoms with van der Waals surface area (Å²) in [6, 6.07) is 12.5. The number of carbonyl (C=O) groups excluding carboxylic acids is 2. The van der Waals surface area contributed by atoms with Gasteiger partial charge in [-0.25, -0.2) is 4.39 Å². The van der Waals surface area contributed by atoms with Crippen LogP contribution >= 0.6 is 0 Å². The fourth-order valence-electron chi connectivity index (χ4n) is 2.93. The molecule has 1 heterocycles. The number of nitrogens with zero attached hydrogens (tertiary/aromatic N) is 1. The molecule has 3 rings (SSSR count). The number of rotatable bonds is 5. The van der Waals surface area contributed by atoms with Gasteiger partial charge in [0.15, 0.2) is 0 Å². The number of amides is 2. The summed E-state index contributed by atoms with van der Waals surface area (Å²) >= 11 is 0. The van der Waals surface area contributed by atoms with E-state index in [0.29, 0.717) is 25.1 Å². The molecule has 2 aromatic rings. The first-order valence-corrected chi connectivity index (χ1v) is 8.05. The number of ether oxygens (including phenoxy) is 1. The summed E-state index contributed by atoms with van der Waals surface area (Å²) in [6.07, 6.45) is 0.441. The maximum absolute atomic E-state index is 13.9. The molecular weight excluding hydrogens is 323 g/mol. The molecule has 130 valence electrons. The Morgan fingerprint density at radius 2 is 2.08 bits per heavy atom. The lowest BCUT2D eigenvalue weighted by Gasteiger charge is -2.18. The highest BCUT2D eigenvalue weighted by Crippen LogP contribution is 2.24. The fraction of sp³-hybridized carbons (Fsp3) is 0.263. The van der Waals surface area contributed by atoms with Crippen molar-refractivity contribution < 1.29 is 18.7 Å². The molecule has 0 unspecified atom stereocenters. The van der Waals surface area contributed by atoms with Crippen molar-refractivity contribution in [1.82, 2.24) is 5.32 Å². The van der Waals surface area contributed by atoms with Gasteiger partial charge in [0.2, 0.25) is 5.91 Å². The molecule has 1 aliphatic heterocycles. The predicted molar refractivity (Wildman–Crippen MR) is 91.8 cm³/mol. The highest BCUT2D eigenvalue weighted by Gasteiger charge is 2.34. The first-order chi connectivity index (χ1) is 12.1. The van der Waals surface area contributed by atoms with Crippen molar-refractivity contribution in [3.05, 3.63) is 65.5 Å². The third kappa shape index (κ3) is 3.69. The maximum atomic E-state index is 13.9. The topological polar surface area (TPSA) is 58.6 Å². The lowest BCUT2D eigenvalue weighted by Crippen LogP contribution is -2.41. The SMILES string of the molecule is COCc1cccc(C(=O)N[C@H]2CCN(c3ccccc3F)C2=O)c1. The molecule has 1 aliphatic rings. The molecule has 0 aliphatic carbocycles. The van der Waals surface area contributed by atoms with E-state index < -0.39 is 11.9 Å². The van der Waals surface area contributed by atoms with Crippen LogP contribution in [0.25, 0.3) is 0 Å². The van der Waals surface area contributed by atoms with Gasteiger partial charge in [0.1, 0.15) is 11.9 Å². The van der Waals surface area contributed by atoms with Gasteiger partial charge in [-0.3, -0.25) is 9.59 Å². The molecule has 2 amide bonds. The standard InChI is InChI=1S/C19H19FN2O3/c1-25-12-13-5-4-6-14(11-13)18(23)21-16-9-10-22(19(16)24)17-8-3-2-7-15(17)20/h2-8,11,16H,9-10,12H2,1H3,(H,21,23)/t16-/m0/s1. The average molecular weight is 342 g/mol. The third-order valence-electron chi connectivity index (χ3n) is 4.15. The van der Waals surface area contributed by atoms with E-state index in [4.69, 9.17) is 4.74 Å². The molecule has 0 bridgehead atoms. The van der Waals surface area contributed by atoms with Crippen molar-refractivity contribution in [3.63, 3.8) is 0 Å². The van der Waals surface area contributed by atoms with E-state index in [2.05, 4.69) is 5.32 Å². The Labute approximate surface area is 145 Å². The minimum absolute atomic E-state index is 0.242. The van der Waals surface area contributed by atoms with Crippen molar-refractivity contribution in [2.24, 2.45) is 0 Å². The second-order valence-corrected chi connectivity index (χ2v) is 5.89. The van der Waals surface area contributed by atoms with Crippen LogP contribution in [0.15, 0.2) is 48.5 Å². The van der Waals surface area contributed by atoms with Gasteiger partial charge in [-0.1, -0.05) is 24.3 Å². The van der Waals surface area contributed by atoms with Crippen LogP contribution in [0.1, 0.15) is 22.3 Å². The van der Waals surface area contributed by atoms with Gasteiger partial charge in [0.25, 0.3) is 5.91 Å². The third-order valence-corrected chi connectivity index (χ3v) is 4.15. The second kappa shape index (κ2) is 7.44. The number of hydrogen-bond acceptors (Lipinski definition) is 3. The van der Waals surface area contributed by atoms with E-state index in [1.807, 2.05) is 6.07 Å². The van der Waals surface area contributed by atoms with Crippen molar-refractivity contribution in [1.29, 1.82) is 0 Å². The molecular formula is C19H19FN2O3. The van der Waals surface area contributed by atoms with Gasteiger partial charge < -0.3 is 15.0 Å². The van der Waals surface area contributed by atoms with Crippen LogP contribution in [0.3, 0.4) is 0 Å². The normalized spacial score (nSPS) is 17.0. The summed E-state index contributed by atoms with van der Waals surface area (Å²) in [5.41, 5.74) is 1.58. The van der Waals surface area contributed by atoms with Crippen molar-refractivity contribution in [2.45, 2.75) is 19.1 Å². The van der Waals surface area contributed by atoms with Crippen LogP contribution in [0.2, 0.25) is 0 Å². The van der Waals surface area contributed by atoms with Gasteiger partial charge >= 0.3 is 0 Å². The van der Waals surface area contributed by atoms with E-state index in [1.165, 1.54) is 11.0 Å². The number of nitrogens with one attached hydrogen (secondary N) is 1. The molecule has 0 aromatic heterocycles. The Morgan fingerprint density at radius 3 is 2.84 bits per heavy atom.